The van der Waals surface area contributed by atoms with Crippen LogP contribution in [0.5, 0.6) is 0 Å². The van der Waals surface area contributed by atoms with Gasteiger partial charge in [-0.15, -0.1) is 0 Å². The predicted octanol–water partition coefficient (Wildman–Crippen LogP) is 2.95. The molecule has 18 heavy (non-hydrogen) atoms. The number of nitrogens with one attached hydrogen (secondary N) is 1. The third-order valence-corrected chi connectivity index (χ3v) is 3.13. The summed E-state index contributed by atoms with van der Waals surface area (Å²) in [5, 5.41) is 11.5. The van der Waals surface area contributed by atoms with Gasteiger partial charge >= 0.3 is 0 Å². The van der Waals surface area contributed by atoms with Crippen molar-refractivity contribution in [3.8, 4) is 0 Å². The molecule has 0 bridgehead atoms. The van der Waals surface area contributed by atoms with Crippen molar-refractivity contribution >= 4 is 10.9 Å². The minimum Gasteiger partial charge on any atom is -0.384 e. The Hall–Kier alpha value is -2.13. The number of H-pyrrole nitrogens is 1. The van der Waals surface area contributed by atoms with E-state index >= 15 is 0 Å². The van der Waals surface area contributed by atoms with E-state index in [1.165, 1.54) is 0 Å². The quantitative estimate of drug-likeness (QED) is 0.721. The second kappa shape index (κ2) is 4.27. The lowest BCUT2D eigenvalue weighted by molar-refractivity contribution is 0.221. The van der Waals surface area contributed by atoms with Crippen molar-refractivity contribution in [1.82, 2.24) is 9.97 Å². The summed E-state index contributed by atoms with van der Waals surface area (Å²) in [6.45, 7) is 1.97. The summed E-state index contributed by atoms with van der Waals surface area (Å²) in [6.07, 6.45) is 4.70. The molecule has 3 heteroatoms. The maximum absolute atomic E-state index is 10.4. The zero-order valence-electron chi connectivity index (χ0n) is 10.1. The van der Waals surface area contributed by atoms with Crippen LogP contribution in [0.4, 0.5) is 0 Å². The van der Waals surface area contributed by atoms with E-state index in [1.54, 1.807) is 12.4 Å². The Morgan fingerprint density at radius 2 is 2.06 bits per heavy atom. The lowest BCUT2D eigenvalue weighted by Crippen LogP contribution is -1.99. The molecule has 2 aromatic heterocycles. The van der Waals surface area contributed by atoms with Gasteiger partial charge in [0.15, 0.2) is 0 Å². The SMILES string of the molecule is Cc1cncc(C(O)c2c[nH]c3ccccc23)c1. The average molecular weight is 238 g/mol. The summed E-state index contributed by atoms with van der Waals surface area (Å²) in [5.41, 5.74) is 3.79. The van der Waals surface area contributed by atoms with E-state index in [1.807, 2.05) is 43.5 Å². The molecule has 1 atom stereocenters. The van der Waals surface area contributed by atoms with Gasteiger partial charge in [0.2, 0.25) is 0 Å². The van der Waals surface area contributed by atoms with Gasteiger partial charge in [0.1, 0.15) is 6.10 Å². The first kappa shape index (κ1) is 11.0. The highest BCUT2D eigenvalue weighted by molar-refractivity contribution is 5.83. The van der Waals surface area contributed by atoms with Crippen LogP contribution in [0, 0.1) is 6.92 Å². The van der Waals surface area contributed by atoms with Crippen molar-refractivity contribution in [1.29, 1.82) is 0 Å². The lowest BCUT2D eigenvalue weighted by Gasteiger charge is -2.10. The van der Waals surface area contributed by atoms with Gasteiger partial charge in [0, 0.05) is 40.6 Å². The molecular weight excluding hydrogens is 224 g/mol. The van der Waals surface area contributed by atoms with Crippen molar-refractivity contribution in [3.05, 3.63) is 65.6 Å². The van der Waals surface area contributed by atoms with Crippen LogP contribution < -0.4 is 0 Å². The van der Waals surface area contributed by atoms with Crippen LogP contribution in [0.15, 0.2) is 48.9 Å². The summed E-state index contributed by atoms with van der Waals surface area (Å²) in [5.74, 6) is 0. The van der Waals surface area contributed by atoms with Gasteiger partial charge < -0.3 is 10.1 Å². The number of aryl methyl sites for hydroxylation is 1. The summed E-state index contributed by atoms with van der Waals surface area (Å²) in [7, 11) is 0. The largest absolute Gasteiger partial charge is 0.384 e. The molecule has 3 rings (SSSR count). The number of benzene rings is 1. The van der Waals surface area contributed by atoms with Crippen LogP contribution in [-0.2, 0) is 0 Å². The normalized spacial score (nSPS) is 12.8. The number of para-hydroxylation sites is 1. The first-order chi connectivity index (χ1) is 8.75. The summed E-state index contributed by atoms with van der Waals surface area (Å²) < 4.78 is 0. The molecule has 0 aliphatic carbocycles. The Morgan fingerprint density at radius 3 is 2.89 bits per heavy atom. The fourth-order valence-electron chi connectivity index (χ4n) is 2.23. The number of aromatic nitrogens is 2. The molecule has 0 aliphatic heterocycles. The molecular formula is C15H14N2O. The number of rotatable bonds is 2. The molecule has 3 nitrogen and oxygen atoms in total. The summed E-state index contributed by atoms with van der Waals surface area (Å²) >= 11 is 0. The number of aliphatic hydroxyl groups excluding tert-OH is 1. The van der Waals surface area contributed by atoms with Crippen molar-refractivity contribution in [2.24, 2.45) is 0 Å². The molecule has 2 heterocycles. The van der Waals surface area contributed by atoms with Gasteiger partial charge in [-0.2, -0.15) is 0 Å². The molecule has 2 N–H and O–H groups in total. The van der Waals surface area contributed by atoms with Gasteiger partial charge in [-0.3, -0.25) is 4.98 Å². The Labute approximate surface area is 105 Å². The second-order valence-corrected chi connectivity index (χ2v) is 4.49. The van der Waals surface area contributed by atoms with E-state index in [-0.39, 0.29) is 0 Å². The Balaban J connectivity index is 2.09. The van der Waals surface area contributed by atoms with E-state index in [0.29, 0.717) is 0 Å². The fourth-order valence-corrected chi connectivity index (χ4v) is 2.23. The highest BCUT2D eigenvalue weighted by Crippen LogP contribution is 2.28. The third kappa shape index (κ3) is 1.79. The summed E-state index contributed by atoms with van der Waals surface area (Å²) in [4.78, 5) is 7.30. The minimum absolute atomic E-state index is 0.645. The molecule has 0 aliphatic rings. The second-order valence-electron chi connectivity index (χ2n) is 4.49. The molecule has 0 fully saturated rings. The standard InChI is InChI=1S/C15H14N2O/c1-10-6-11(8-16-7-10)15(18)13-9-17-14-5-3-2-4-12(13)14/h2-9,15,17-18H,1H3. The number of aromatic amines is 1. The van der Waals surface area contributed by atoms with Gasteiger partial charge in [-0.05, 0) is 18.6 Å². The molecule has 90 valence electrons. The topological polar surface area (TPSA) is 48.9 Å². The first-order valence-electron chi connectivity index (χ1n) is 5.91. The van der Waals surface area contributed by atoms with E-state index in [2.05, 4.69) is 9.97 Å². The van der Waals surface area contributed by atoms with Crippen LogP contribution in [-0.4, -0.2) is 15.1 Å². The first-order valence-corrected chi connectivity index (χ1v) is 5.91. The average Bonchev–Trinajstić information content (AvgIpc) is 2.82. The van der Waals surface area contributed by atoms with E-state index in [0.717, 1.165) is 27.6 Å². The van der Waals surface area contributed by atoms with Gasteiger partial charge in [-0.25, -0.2) is 0 Å². The lowest BCUT2D eigenvalue weighted by atomic mass is 10.0. The Morgan fingerprint density at radius 1 is 1.22 bits per heavy atom. The van der Waals surface area contributed by atoms with Gasteiger partial charge in [0.25, 0.3) is 0 Å². The number of nitrogens with zero attached hydrogens (tertiary/aromatic N) is 1. The maximum Gasteiger partial charge on any atom is 0.108 e. The number of pyridine rings is 1. The molecule has 1 unspecified atom stereocenters. The fraction of sp³-hybridized carbons (Fsp3) is 0.133. The number of hydrogen-bond acceptors (Lipinski definition) is 2. The van der Waals surface area contributed by atoms with Crippen molar-refractivity contribution in [2.75, 3.05) is 0 Å². The molecule has 0 spiro atoms. The molecule has 1 aromatic carbocycles. The van der Waals surface area contributed by atoms with E-state index < -0.39 is 6.10 Å². The van der Waals surface area contributed by atoms with E-state index in [4.69, 9.17) is 0 Å². The number of aliphatic hydroxyl groups is 1. The molecule has 0 saturated heterocycles. The predicted molar refractivity (Wildman–Crippen MR) is 71.3 cm³/mol. The molecule has 0 radical (unpaired) electrons. The number of fused-ring (bicyclic) bond motifs is 1. The van der Waals surface area contributed by atoms with Crippen molar-refractivity contribution < 1.29 is 5.11 Å². The Kier molecular flexibility index (Phi) is 2.61. The minimum atomic E-state index is -0.645. The van der Waals surface area contributed by atoms with Gasteiger partial charge in [-0.1, -0.05) is 24.3 Å². The molecule has 0 saturated carbocycles. The van der Waals surface area contributed by atoms with Crippen LogP contribution in [0.2, 0.25) is 0 Å². The van der Waals surface area contributed by atoms with Crippen molar-refractivity contribution in [3.63, 3.8) is 0 Å². The van der Waals surface area contributed by atoms with E-state index in [9.17, 15) is 5.11 Å². The highest BCUT2D eigenvalue weighted by Gasteiger charge is 2.15. The molecule has 3 aromatic rings. The highest BCUT2D eigenvalue weighted by atomic mass is 16.3. The molecule has 0 amide bonds. The van der Waals surface area contributed by atoms with Crippen LogP contribution in [0.1, 0.15) is 22.8 Å². The number of hydrogen-bond donors (Lipinski definition) is 2. The zero-order valence-corrected chi connectivity index (χ0v) is 10.1. The maximum atomic E-state index is 10.4. The monoisotopic (exact) mass is 238 g/mol. The third-order valence-electron chi connectivity index (χ3n) is 3.13. The Bertz CT molecular complexity index is 688. The smallest absolute Gasteiger partial charge is 0.108 e. The van der Waals surface area contributed by atoms with Crippen LogP contribution >= 0.6 is 0 Å². The van der Waals surface area contributed by atoms with Crippen molar-refractivity contribution in [2.45, 2.75) is 13.0 Å². The zero-order chi connectivity index (χ0) is 12.5. The van der Waals surface area contributed by atoms with Crippen LogP contribution in [0.3, 0.4) is 0 Å². The van der Waals surface area contributed by atoms with Gasteiger partial charge in [0.05, 0.1) is 0 Å². The summed E-state index contributed by atoms with van der Waals surface area (Å²) in [6, 6.07) is 9.91. The van der Waals surface area contributed by atoms with Crippen LogP contribution in [0.25, 0.3) is 10.9 Å².